The van der Waals surface area contributed by atoms with E-state index in [9.17, 15) is 14.4 Å². The van der Waals surface area contributed by atoms with Gasteiger partial charge in [0.25, 0.3) is 11.8 Å². The van der Waals surface area contributed by atoms with Crippen molar-refractivity contribution in [1.29, 1.82) is 0 Å². The monoisotopic (exact) mass is 387 g/mol. The van der Waals surface area contributed by atoms with E-state index in [0.29, 0.717) is 5.69 Å². The minimum atomic E-state index is -0.634. The van der Waals surface area contributed by atoms with Crippen LogP contribution in [0.15, 0.2) is 52.6 Å². The van der Waals surface area contributed by atoms with E-state index in [2.05, 4.69) is 15.9 Å². The Hall–Kier alpha value is -2.67. The van der Waals surface area contributed by atoms with Gasteiger partial charge in [-0.1, -0.05) is 15.9 Å². The summed E-state index contributed by atoms with van der Waals surface area (Å²) in [6.07, 6.45) is 3.35. The maximum Gasteiger partial charge on any atom is 0.333 e. The van der Waals surface area contributed by atoms with Crippen LogP contribution in [-0.4, -0.2) is 46.3 Å². The van der Waals surface area contributed by atoms with E-state index in [1.54, 1.807) is 6.07 Å². The Bertz CT molecular complexity index is 841. The molecule has 1 aromatic heterocycles. The number of barbiturate groups is 1. The van der Waals surface area contributed by atoms with E-state index < -0.39 is 17.8 Å². The van der Waals surface area contributed by atoms with Crippen LogP contribution in [0, 0.1) is 0 Å². The first-order valence-corrected chi connectivity index (χ1v) is 7.94. The SMILES string of the molecule is CN1C(=O)C(=Cc2cccn2-c2ccc(Br)cc2)C(=O)N(C)C1=O. The Morgan fingerprint density at radius 1 is 0.917 bits per heavy atom. The number of carbonyl (C=O) groups is 3. The second kappa shape index (κ2) is 6.09. The van der Waals surface area contributed by atoms with Gasteiger partial charge in [-0.25, -0.2) is 4.79 Å². The molecule has 0 aliphatic carbocycles. The van der Waals surface area contributed by atoms with E-state index >= 15 is 0 Å². The predicted molar refractivity (Wildman–Crippen MR) is 92.4 cm³/mol. The molecule has 1 fully saturated rings. The minimum absolute atomic E-state index is 0.0448. The van der Waals surface area contributed by atoms with Crippen molar-refractivity contribution in [3.63, 3.8) is 0 Å². The average Bonchev–Trinajstić information content (AvgIpc) is 3.04. The molecule has 0 bridgehead atoms. The number of likely N-dealkylation sites (N-methyl/N-ethyl adjacent to an activating group) is 2. The molecule has 0 radical (unpaired) electrons. The lowest BCUT2D eigenvalue weighted by molar-refractivity contribution is -0.134. The zero-order valence-corrected chi connectivity index (χ0v) is 14.6. The van der Waals surface area contributed by atoms with Crippen molar-refractivity contribution in [2.75, 3.05) is 14.1 Å². The number of hydrogen-bond acceptors (Lipinski definition) is 3. The van der Waals surface area contributed by atoms with E-state index in [1.165, 1.54) is 20.2 Å². The molecule has 0 spiro atoms. The van der Waals surface area contributed by atoms with Crippen LogP contribution in [0.2, 0.25) is 0 Å². The van der Waals surface area contributed by atoms with Gasteiger partial charge in [0, 0.05) is 36.1 Å². The molecule has 0 saturated carbocycles. The molecule has 0 N–H and O–H groups in total. The molecular weight excluding hydrogens is 374 g/mol. The molecule has 1 aliphatic heterocycles. The van der Waals surface area contributed by atoms with Crippen molar-refractivity contribution >= 4 is 39.9 Å². The number of hydrogen-bond donors (Lipinski definition) is 0. The Morgan fingerprint density at radius 2 is 1.50 bits per heavy atom. The topological polar surface area (TPSA) is 62.6 Å². The second-order valence-corrected chi connectivity index (χ2v) is 6.26. The summed E-state index contributed by atoms with van der Waals surface area (Å²) in [5.41, 5.74) is 1.52. The van der Waals surface area contributed by atoms with Crippen LogP contribution in [0.1, 0.15) is 5.69 Å². The lowest BCUT2D eigenvalue weighted by atomic mass is 10.1. The Morgan fingerprint density at radius 3 is 2.08 bits per heavy atom. The molecule has 6 nitrogen and oxygen atoms in total. The zero-order valence-electron chi connectivity index (χ0n) is 13.1. The third-order valence-corrected chi connectivity index (χ3v) is 4.35. The van der Waals surface area contributed by atoms with E-state index in [-0.39, 0.29) is 5.57 Å². The Kier molecular flexibility index (Phi) is 4.11. The van der Waals surface area contributed by atoms with Gasteiger partial charge < -0.3 is 4.57 Å². The number of halogens is 1. The summed E-state index contributed by atoms with van der Waals surface area (Å²) >= 11 is 3.39. The van der Waals surface area contributed by atoms with Gasteiger partial charge in [-0.3, -0.25) is 19.4 Å². The summed E-state index contributed by atoms with van der Waals surface area (Å²) in [5.74, 6) is -1.21. The fraction of sp³-hybridized carbons (Fsp3) is 0.118. The molecular formula is C17H14BrN3O3. The highest BCUT2D eigenvalue weighted by Crippen LogP contribution is 2.21. The molecule has 0 unspecified atom stereocenters. The lowest BCUT2D eigenvalue weighted by Gasteiger charge is -2.28. The number of urea groups is 1. The largest absolute Gasteiger partial charge is 0.333 e. The first-order valence-electron chi connectivity index (χ1n) is 7.15. The average molecular weight is 388 g/mol. The number of benzene rings is 1. The van der Waals surface area contributed by atoms with Crippen LogP contribution in [0.4, 0.5) is 4.79 Å². The van der Waals surface area contributed by atoms with Crippen LogP contribution in [0.3, 0.4) is 0 Å². The van der Waals surface area contributed by atoms with Crippen LogP contribution in [-0.2, 0) is 9.59 Å². The molecule has 24 heavy (non-hydrogen) atoms. The first kappa shape index (κ1) is 16.2. The third kappa shape index (κ3) is 2.67. The highest BCUT2D eigenvalue weighted by molar-refractivity contribution is 9.10. The van der Waals surface area contributed by atoms with Crippen molar-refractivity contribution in [1.82, 2.24) is 14.4 Å². The molecule has 7 heteroatoms. The number of rotatable bonds is 2. The Balaban J connectivity index is 2.05. The van der Waals surface area contributed by atoms with Crippen LogP contribution >= 0.6 is 15.9 Å². The van der Waals surface area contributed by atoms with E-state index in [0.717, 1.165) is 20.0 Å². The van der Waals surface area contributed by atoms with Crippen molar-refractivity contribution in [2.45, 2.75) is 0 Å². The summed E-state index contributed by atoms with van der Waals surface area (Å²) < 4.78 is 2.81. The van der Waals surface area contributed by atoms with Gasteiger partial charge in [-0.2, -0.15) is 0 Å². The molecule has 0 atom stereocenters. The molecule has 2 heterocycles. The number of aromatic nitrogens is 1. The number of amides is 4. The highest BCUT2D eigenvalue weighted by atomic mass is 79.9. The summed E-state index contributed by atoms with van der Waals surface area (Å²) in [5, 5.41) is 0. The van der Waals surface area contributed by atoms with Crippen molar-refractivity contribution in [3.05, 3.63) is 58.3 Å². The van der Waals surface area contributed by atoms with Crippen molar-refractivity contribution in [3.8, 4) is 5.69 Å². The van der Waals surface area contributed by atoms with Crippen molar-refractivity contribution in [2.24, 2.45) is 0 Å². The highest BCUT2D eigenvalue weighted by Gasteiger charge is 2.37. The summed E-state index contributed by atoms with van der Waals surface area (Å²) in [4.78, 5) is 38.2. The Labute approximate surface area is 147 Å². The number of imide groups is 2. The van der Waals surface area contributed by atoms with Gasteiger partial charge in [-0.05, 0) is 42.5 Å². The van der Waals surface area contributed by atoms with Gasteiger partial charge in [0.05, 0.1) is 0 Å². The maximum atomic E-state index is 12.3. The molecule has 4 amide bonds. The van der Waals surface area contributed by atoms with Gasteiger partial charge in [0.1, 0.15) is 5.57 Å². The number of nitrogens with zero attached hydrogens (tertiary/aromatic N) is 3. The van der Waals surface area contributed by atoms with Crippen LogP contribution in [0.25, 0.3) is 11.8 Å². The van der Waals surface area contributed by atoms with Gasteiger partial charge >= 0.3 is 6.03 Å². The van der Waals surface area contributed by atoms with Crippen LogP contribution < -0.4 is 0 Å². The second-order valence-electron chi connectivity index (χ2n) is 5.35. The first-order chi connectivity index (χ1) is 11.4. The zero-order chi connectivity index (χ0) is 17.4. The maximum absolute atomic E-state index is 12.3. The van der Waals surface area contributed by atoms with Gasteiger partial charge in [-0.15, -0.1) is 0 Å². The molecule has 1 aliphatic rings. The van der Waals surface area contributed by atoms with Crippen LogP contribution in [0.5, 0.6) is 0 Å². The third-order valence-electron chi connectivity index (χ3n) is 3.82. The van der Waals surface area contributed by atoms with E-state index in [4.69, 9.17) is 0 Å². The minimum Gasteiger partial charge on any atom is -0.317 e. The predicted octanol–water partition coefficient (Wildman–Crippen LogP) is 2.67. The fourth-order valence-electron chi connectivity index (χ4n) is 2.47. The summed E-state index contributed by atoms with van der Waals surface area (Å²) in [7, 11) is 2.71. The molecule has 1 saturated heterocycles. The molecule has 2 aromatic rings. The van der Waals surface area contributed by atoms with E-state index in [1.807, 2.05) is 41.1 Å². The normalized spacial score (nSPS) is 15.3. The smallest absolute Gasteiger partial charge is 0.317 e. The number of carbonyl (C=O) groups excluding carboxylic acids is 3. The standard InChI is InChI=1S/C17H14BrN3O3/c1-19-15(22)14(16(23)20(2)17(19)24)10-13-4-3-9-21(13)12-7-5-11(18)6-8-12/h3-10H,1-2H3. The van der Waals surface area contributed by atoms with Gasteiger partial charge in [0.15, 0.2) is 0 Å². The molecule has 3 rings (SSSR count). The quantitative estimate of drug-likeness (QED) is 0.587. The van der Waals surface area contributed by atoms with Gasteiger partial charge in [0.2, 0.25) is 0 Å². The molecule has 122 valence electrons. The fourth-order valence-corrected chi connectivity index (χ4v) is 2.74. The molecule has 1 aromatic carbocycles. The summed E-state index contributed by atoms with van der Waals surface area (Å²) in [6, 6.07) is 10.6. The summed E-state index contributed by atoms with van der Waals surface area (Å²) in [6.45, 7) is 0. The lowest BCUT2D eigenvalue weighted by Crippen LogP contribution is -2.52. The van der Waals surface area contributed by atoms with Crippen molar-refractivity contribution < 1.29 is 14.4 Å².